The van der Waals surface area contributed by atoms with Gasteiger partial charge < -0.3 is 15.2 Å². The van der Waals surface area contributed by atoms with Crippen molar-refractivity contribution in [3.63, 3.8) is 0 Å². The number of carbonyl (C=O) groups is 1. The molecule has 5 heteroatoms. The van der Waals surface area contributed by atoms with Crippen molar-refractivity contribution >= 4 is 22.6 Å². The first kappa shape index (κ1) is 16.8. The van der Waals surface area contributed by atoms with Gasteiger partial charge in [-0.15, -0.1) is 0 Å². The van der Waals surface area contributed by atoms with Crippen LogP contribution < -0.4 is 10.1 Å². The quantitative estimate of drug-likeness (QED) is 0.691. The zero-order valence-corrected chi connectivity index (χ0v) is 14.0. The van der Waals surface area contributed by atoms with Crippen LogP contribution >= 0.6 is 0 Å². The van der Waals surface area contributed by atoms with Gasteiger partial charge in [-0.25, -0.2) is 0 Å². The van der Waals surface area contributed by atoms with Gasteiger partial charge in [0.15, 0.2) is 0 Å². The highest BCUT2D eigenvalue weighted by Crippen LogP contribution is 2.23. The van der Waals surface area contributed by atoms with Crippen LogP contribution in [0.3, 0.4) is 0 Å². The molecule has 0 aliphatic rings. The van der Waals surface area contributed by atoms with Gasteiger partial charge in [-0.2, -0.15) is 0 Å². The molecule has 1 heterocycles. The summed E-state index contributed by atoms with van der Waals surface area (Å²) >= 11 is 0. The lowest BCUT2D eigenvalue weighted by molar-refractivity contribution is -0.136. The van der Waals surface area contributed by atoms with E-state index >= 15 is 0 Å². The van der Waals surface area contributed by atoms with Crippen LogP contribution in [0.25, 0.3) is 10.9 Å². The number of benzene rings is 2. The molecule has 1 aromatic heterocycles. The van der Waals surface area contributed by atoms with E-state index in [-0.39, 0.29) is 6.42 Å². The number of nitrogens with one attached hydrogen (secondary N) is 1. The van der Waals surface area contributed by atoms with Crippen molar-refractivity contribution in [1.82, 2.24) is 4.98 Å². The molecule has 0 atom stereocenters. The highest BCUT2D eigenvalue weighted by atomic mass is 16.5. The van der Waals surface area contributed by atoms with E-state index in [4.69, 9.17) is 9.84 Å². The molecular weight excluding hydrogens is 316 g/mol. The molecule has 5 nitrogen and oxygen atoms in total. The highest BCUT2D eigenvalue weighted by Gasteiger charge is 2.08. The van der Waals surface area contributed by atoms with E-state index in [0.29, 0.717) is 5.69 Å². The normalized spacial score (nSPS) is 10.6. The lowest BCUT2D eigenvalue weighted by Gasteiger charge is -2.12. The van der Waals surface area contributed by atoms with Crippen LogP contribution in [0.5, 0.6) is 5.75 Å². The summed E-state index contributed by atoms with van der Waals surface area (Å²) in [5.41, 5.74) is 3.47. The van der Waals surface area contributed by atoms with E-state index < -0.39 is 5.97 Å². The van der Waals surface area contributed by atoms with E-state index in [1.165, 1.54) is 5.56 Å². The zero-order valence-electron chi connectivity index (χ0n) is 14.0. The molecule has 0 unspecified atom stereocenters. The molecular formula is C20H20N2O3. The number of fused-ring (bicyclic) bond motifs is 1. The Bertz CT molecular complexity index is 876. The Balaban J connectivity index is 1.75. The van der Waals surface area contributed by atoms with Gasteiger partial charge in [0.25, 0.3) is 0 Å². The Kier molecular flexibility index (Phi) is 5.14. The zero-order chi connectivity index (χ0) is 17.6. The number of carboxylic acids is 1. The number of carboxylic acid groups (broad SMARTS) is 1. The number of nitrogens with zero attached hydrogens (tertiary/aromatic N) is 1. The molecule has 25 heavy (non-hydrogen) atoms. The standard InChI is InChI=1S/C20H20N2O3/c1-25-16-8-6-14(7-9-16)10-11-21-19-12-15(13-20(23)24)22-18-5-3-2-4-17(18)19/h2-9,12H,10-11,13H2,1H3,(H,21,22)(H,23,24). The molecule has 3 rings (SSSR count). The van der Waals surface area contributed by atoms with E-state index in [1.54, 1.807) is 7.11 Å². The summed E-state index contributed by atoms with van der Waals surface area (Å²) in [6, 6.07) is 17.5. The molecule has 128 valence electrons. The third-order valence-corrected chi connectivity index (χ3v) is 3.99. The van der Waals surface area contributed by atoms with Crippen molar-refractivity contribution in [2.24, 2.45) is 0 Å². The Hall–Kier alpha value is -3.08. The van der Waals surface area contributed by atoms with E-state index in [2.05, 4.69) is 10.3 Å². The number of para-hydroxylation sites is 1. The van der Waals surface area contributed by atoms with Crippen molar-refractivity contribution in [3.05, 3.63) is 65.9 Å². The number of hydrogen-bond donors (Lipinski definition) is 2. The van der Waals surface area contributed by atoms with Gasteiger partial charge in [0.1, 0.15) is 5.75 Å². The number of rotatable bonds is 7. The van der Waals surface area contributed by atoms with Crippen LogP contribution in [0.15, 0.2) is 54.6 Å². The summed E-state index contributed by atoms with van der Waals surface area (Å²) in [4.78, 5) is 15.4. The Morgan fingerprint density at radius 1 is 1.16 bits per heavy atom. The maximum Gasteiger partial charge on any atom is 0.309 e. The van der Waals surface area contributed by atoms with Gasteiger partial charge in [0, 0.05) is 17.6 Å². The third-order valence-electron chi connectivity index (χ3n) is 3.99. The number of aliphatic carboxylic acids is 1. The first-order valence-electron chi connectivity index (χ1n) is 8.13. The van der Waals surface area contributed by atoms with Gasteiger partial charge in [0.2, 0.25) is 0 Å². The monoisotopic (exact) mass is 336 g/mol. The summed E-state index contributed by atoms with van der Waals surface area (Å²) in [7, 11) is 1.65. The fourth-order valence-electron chi connectivity index (χ4n) is 2.76. The predicted molar refractivity (Wildman–Crippen MR) is 98.3 cm³/mol. The fraction of sp³-hybridized carbons (Fsp3) is 0.200. The van der Waals surface area contributed by atoms with Crippen LogP contribution in [-0.4, -0.2) is 29.7 Å². The maximum atomic E-state index is 11.0. The smallest absolute Gasteiger partial charge is 0.309 e. The molecule has 0 bridgehead atoms. The number of hydrogen-bond acceptors (Lipinski definition) is 4. The fourth-order valence-corrected chi connectivity index (χ4v) is 2.76. The molecule has 0 saturated heterocycles. The second-order valence-corrected chi connectivity index (χ2v) is 5.77. The lowest BCUT2D eigenvalue weighted by Crippen LogP contribution is -2.08. The summed E-state index contributed by atoms with van der Waals surface area (Å²) in [5, 5.41) is 13.4. The molecule has 0 amide bonds. The van der Waals surface area contributed by atoms with E-state index in [0.717, 1.165) is 35.3 Å². The van der Waals surface area contributed by atoms with Crippen molar-refractivity contribution < 1.29 is 14.6 Å². The van der Waals surface area contributed by atoms with Crippen molar-refractivity contribution in [3.8, 4) is 5.75 Å². The average molecular weight is 336 g/mol. The van der Waals surface area contributed by atoms with Crippen LogP contribution in [0, 0.1) is 0 Å². The molecule has 2 N–H and O–H groups in total. The predicted octanol–water partition coefficient (Wildman–Crippen LogP) is 3.53. The molecule has 0 radical (unpaired) electrons. The number of methoxy groups -OCH3 is 1. The SMILES string of the molecule is COc1ccc(CCNc2cc(CC(=O)O)nc3ccccc23)cc1. The highest BCUT2D eigenvalue weighted by molar-refractivity contribution is 5.91. The van der Waals surface area contributed by atoms with Gasteiger partial charge in [-0.05, 0) is 36.2 Å². The number of anilines is 1. The minimum Gasteiger partial charge on any atom is -0.497 e. The van der Waals surface area contributed by atoms with E-state index in [9.17, 15) is 4.79 Å². The first-order chi connectivity index (χ1) is 12.2. The summed E-state index contributed by atoms with van der Waals surface area (Å²) in [6.07, 6.45) is 0.771. The van der Waals surface area contributed by atoms with Crippen LogP contribution in [0.1, 0.15) is 11.3 Å². The second-order valence-electron chi connectivity index (χ2n) is 5.77. The van der Waals surface area contributed by atoms with Gasteiger partial charge >= 0.3 is 5.97 Å². The molecule has 0 fully saturated rings. The van der Waals surface area contributed by atoms with Crippen molar-refractivity contribution in [1.29, 1.82) is 0 Å². The number of ether oxygens (including phenoxy) is 1. The van der Waals surface area contributed by atoms with Crippen LogP contribution in [-0.2, 0) is 17.6 Å². The lowest BCUT2D eigenvalue weighted by atomic mass is 10.1. The van der Waals surface area contributed by atoms with E-state index in [1.807, 2.05) is 54.6 Å². The van der Waals surface area contributed by atoms with Crippen molar-refractivity contribution in [2.75, 3.05) is 19.0 Å². The molecule has 0 aliphatic carbocycles. The van der Waals surface area contributed by atoms with Crippen LogP contribution in [0.4, 0.5) is 5.69 Å². The second kappa shape index (κ2) is 7.66. The number of pyridine rings is 1. The molecule has 0 saturated carbocycles. The minimum atomic E-state index is -0.882. The molecule has 0 aliphatic heterocycles. The Morgan fingerprint density at radius 2 is 1.92 bits per heavy atom. The summed E-state index contributed by atoms with van der Waals surface area (Å²) < 4.78 is 5.17. The topological polar surface area (TPSA) is 71.5 Å². The first-order valence-corrected chi connectivity index (χ1v) is 8.13. The summed E-state index contributed by atoms with van der Waals surface area (Å²) in [6.45, 7) is 0.743. The van der Waals surface area contributed by atoms with Gasteiger partial charge in [0.05, 0.1) is 24.7 Å². The molecule has 2 aromatic carbocycles. The van der Waals surface area contributed by atoms with Crippen LogP contribution in [0.2, 0.25) is 0 Å². The molecule has 3 aromatic rings. The minimum absolute atomic E-state index is 0.0853. The summed E-state index contributed by atoms with van der Waals surface area (Å²) in [5.74, 6) is -0.0397. The van der Waals surface area contributed by atoms with Gasteiger partial charge in [-0.1, -0.05) is 30.3 Å². The Labute approximate surface area is 146 Å². The largest absolute Gasteiger partial charge is 0.497 e. The average Bonchev–Trinajstić information content (AvgIpc) is 2.61. The maximum absolute atomic E-state index is 11.0. The van der Waals surface area contributed by atoms with Gasteiger partial charge in [-0.3, -0.25) is 9.78 Å². The van der Waals surface area contributed by atoms with Crippen molar-refractivity contribution in [2.45, 2.75) is 12.8 Å². The number of aromatic nitrogens is 1. The Morgan fingerprint density at radius 3 is 2.64 bits per heavy atom. The third kappa shape index (κ3) is 4.26. The molecule has 0 spiro atoms.